The summed E-state index contributed by atoms with van der Waals surface area (Å²) < 4.78 is 16.5. The number of hydrogen-bond donors (Lipinski definition) is 0. The van der Waals surface area contributed by atoms with Crippen LogP contribution in [0.15, 0.2) is 40.9 Å². The van der Waals surface area contributed by atoms with Crippen molar-refractivity contribution in [1.29, 1.82) is 0 Å². The fourth-order valence-electron chi connectivity index (χ4n) is 1.99. The Kier molecular flexibility index (Phi) is 6.34. The summed E-state index contributed by atoms with van der Waals surface area (Å²) in [4.78, 5) is 10.2. The molecular weight excluding hydrogens is 378 g/mol. The molecule has 2 rings (SSSR count). The smallest absolute Gasteiger partial charge is 0.269 e. The first-order valence-electron chi connectivity index (χ1n) is 6.97. The molecule has 0 atom stereocenters. The first kappa shape index (κ1) is 18.0. The van der Waals surface area contributed by atoms with E-state index in [1.54, 1.807) is 26.4 Å². The molecule has 0 bridgehead atoms. The van der Waals surface area contributed by atoms with Crippen molar-refractivity contribution in [3.63, 3.8) is 0 Å². The predicted molar refractivity (Wildman–Crippen MR) is 95.2 cm³/mol. The highest BCUT2D eigenvalue weighted by Crippen LogP contribution is 2.37. The number of nitrogens with zero attached hydrogens (tertiary/aromatic N) is 1. The van der Waals surface area contributed by atoms with Gasteiger partial charge in [0, 0.05) is 19.2 Å². The maximum absolute atomic E-state index is 10.7. The number of benzene rings is 2. The zero-order chi connectivity index (χ0) is 17.5. The van der Waals surface area contributed by atoms with Crippen LogP contribution in [-0.4, -0.2) is 25.9 Å². The standard InChI is InChI=1S/C17H16BrNO5/c1-22-11-24-17-15(18)9-13(10-16(17)23-2)4-3-12-5-7-14(8-6-12)19(20)21/h3-10H,11H2,1-2H3/b4-3+. The van der Waals surface area contributed by atoms with E-state index in [0.717, 1.165) is 15.6 Å². The van der Waals surface area contributed by atoms with Crippen molar-refractivity contribution in [1.82, 2.24) is 0 Å². The van der Waals surface area contributed by atoms with Gasteiger partial charge >= 0.3 is 0 Å². The summed E-state index contributed by atoms with van der Waals surface area (Å²) in [6.07, 6.45) is 3.75. The summed E-state index contributed by atoms with van der Waals surface area (Å²) in [7, 11) is 3.10. The van der Waals surface area contributed by atoms with Crippen LogP contribution in [0.1, 0.15) is 11.1 Å². The molecule has 126 valence electrons. The third-order valence-electron chi connectivity index (χ3n) is 3.15. The van der Waals surface area contributed by atoms with E-state index in [0.29, 0.717) is 11.5 Å². The molecule has 7 heteroatoms. The largest absolute Gasteiger partial charge is 0.493 e. The second kappa shape index (κ2) is 8.47. The summed E-state index contributed by atoms with van der Waals surface area (Å²) in [5.74, 6) is 1.14. The Balaban J connectivity index is 2.22. The number of non-ortho nitro benzene ring substituents is 1. The summed E-state index contributed by atoms with van der Waals surface area (Å²) >= 11 is 3.45. The number of halogens is 1. The van der Waals surface area contributed by atoms with Gasteiger partial charge in [0.15, 0.2) is 18.3 Å². The van der Waals surface area contributed by atoms with Crippen LogP contribution in [0, 0.1) is 10.1 Å². The van der Waals surface area contributed by atoms with Crippen molar-refractivity contribution in [2.24, 2.45) is 0 Å². The van der Waals surface area contributed by atoms with E-state index in [9.17, 15) is 10.1 Å². The van der Waals surface area contributed by atoms with Gasteiger partial charge in [-0.1, -0.05) is 12.2 Å². The lowest BCUT2D eigenvalue weighted by molar-refractivity contribution is -0.384. The minimum Gasteiger partial charge on any atom is -0.493 e. The fraction of sp³-hybridized carbons (Fsp3) is 0.176. The summed E-state index contributed by atoms with van der Waals surface area (Å²) in [5.41, 5.74) is 1.81. The molecule has 2 aromatic rings. The van der Waals surface area contributed by atoms with Crippen LogP contribution < -0.4 is 9.47 Å². The molecular formula is C17H16BrNO5. The Morgan fingerprint density at radius 2 is 1.79 bits per heavy atom. The highest BCUT2D eigenvalue weighted by Gasteiger charge is 2.11. The van der Waals surface area contributed by atoms with Gasteiger partial charge in [0.2, 0.25) is 0 Å². The quantitative estimate of drug-likeness (QED) is 0.299. The van der Waals surface area contributed by atoms with Crippen molar-refractivity contribution >= 4 is 33.8 Å². The Bertz CT molecular complexity index is 743. The maximum Gasteiger partial charge on any atom is 0.269 e. The minimum absolute atomic E-state index is 0.0659. The zero-order valence-corrected chi connectivity index (χ0v) is 14.8. The molecule has 0 aliphatic carbocycles. The van der Waals surface area contributed by atoms with Crippen LogP contribution in [0.25, 0.3) is 12.2 Å². The van der Waals surface area contributed by atoms with E-state index < -0.39 is 4.92 Å². The van der Waals surface area contributed by atoms with E-state index in [1.807, 2.05) is 24.3 Å². The molecule has 0 saturated carbocycles. The average Bonchev–Trinajstić information content (AvgIpc) is 2.58. The molecule has 0 radical (unpaired) electrons. The second-order valence-corrected chi connectivity index (χ2v) is 5.62. The van der Waals surface area contributed by atoms with Crippen LogP contribution in [0.5, 0.6) is 11.5 Å². The van der Waals surface area contributed by atoms with Crippen molar-refractivity contribution in [2.75, 3.05) is 21.0 Å². The van der Waals surface area contributed by atoms with Crippen molar-refractivity contribution in [2.45, 2.75) is 0 Å². The van der Waals surface area contributed by atoms with Gasteiger partial charge in [-0.3, -0.25) is 10.1 Å². The molecule has 0 spiro atoms. The molecule has 6 nitrogen and oxygen atoms in total. The third-order valence-corrected chi connectivity index (χ3v) is 3.73. The van der Waals surface area contributed by atoms with Gasteiger partial charge in [0.05, 0.1) is 16.5 Å². The van der Waals surface area contributed by atoms with Crippen LogP contribution >= 0.6 is 15.9 Å². The zero-order valence-electron chi connectivity index (χ0n) is 13.2. The molecule has 0 heterocycles. The van der Waals surface area contributed by atoms with Gasteiger partial charge in [-0.15, -0.1) is 0 Å². The SMILES string of the molecule is COCOc1c(Br)cc(/C=C/c2ccc([N+](=O)[O-])cc2)cc1OC. The Hall–Kier alpha value is -2.38. The van der Waals surface area contributed by atoms with Crippen LogP contribution in [0.4, 0.5) is 5.69 Å². The van der Waals surface area contributed by atoms with Crippen molar-refractivity contribution < 1.29 is 19.1 Å². The highest BCUT2D eigenvalue weighted by atomic mass is 79.9. The molecule has 0 amide bonds. The van der Waals surface area contributed by atoms with Gasteiger partial charge in [-0.25, -0.2) is 0 Å². The molecule has 0 aliphatic heterocycles. The molecule has 0 fully saturated rings. The normalized spacial score (nSPS) is 10.8. The van der Waals surface area contributed by atoms with Crippen molar-refractivity contribution in [3.8, 4) is 11.5 Å². The number of nitro benzene ring substituents is 1. The van der Waals surface area contributed by atoms with E-state index in [-0.39, 0.29) is 12.5 Å². The first-order valence-corrected chi connectivity index (χ1v) is 7.76. The van der Waals surface area contributed by atoms with Gasteiger partial charge in [0.25, 0.3) is 5.69 Å². The molecule has 2 aromatic carbocycles. The second-order valence-electron chi connectivity index (χ2n) is 4.77. The first-order chi connectivity index (χ1) is 11.5. The highest BCUT2D eigenvalue weighted by molar-refractivity contribution is 9.10. The molecule has 0 unspecified atom stereocenters. The van der Waals surface area contributed by atoms with Gasteiger partial charge in [-0.2, -0.15) is 0 Å². The number of nitro groups is 1. The molecule has 0 aromatic heterocycles. The monoisotopic (exact) mass is 393 g/mol. The lowest BCUT2D eigenvalue weighted by atomic mass is 10.1. The number of methoxy groups -OCH3 is 2. The Morgan fingerprint density at radius 1 is 1.12 bits per heavy atom. The minimum atomic E-state index is -0.422. The van der Waals surface area contributed by atoms with E-state index in [2.05, 4.69) is 15.9 Å². The van der Waals surface area contributed by atoms with Crippen LogP contribution in [0.2, 0.25) is 0 Å². The van der Waals surface area contributed by atoms with Crippen LogP contribution in [-0.2, 0) is 4.74 Å². The van der Waals surface area contributed by atoms with Gasteiger partial charge in [-0.05, 0) is 51.3 Å². The maximum atomic E-state index is 10.7. The number of rotatable bonds is 7. The number of hydrogen-bond acceptors (Lipinski definition) is 5. The van der Waals surface area contributed by atoms with Gasteiger partial charge < -0.3 is 14.2 Å². The van der Waals surface area contributed by atoms with E-state index in [1.165, 1.54) is 12.1 Å². The summed E-state index contributed by atoms with van der Waals surface area (Å²) in [6.45, 7) is 0.118. The lowest BCUT2D eigenvalue weighted by Gasteiger charge is -2.12. The fourth-order valence-corrected chi connectivity index (χ4v) is 2.57. The topological polar surface area (TPSA) is 70.8 Å². The van der Waals surface area contributed by atoms with Gasteiger partial charge in [0.1, 0.15) is 0 Å². The van der Waals surface area contributed by atoms with Crippen molar-refractivity contribution in [3.05, 3.63) is 62.1 Å². The Morgan fingerprint density at radius 3 is 2.38 bits per heavy atom. The molecule has 0 aliphatic rings. The van der Waals surface area contributed by atoms with E-state index >= 15 is 0 Å². The summed E-state index contributed by atoms with van der Waals surface area (Å²) in [5, 5.41) is 10.7. The summed E-state index contributed by atoms with van der Waals surface area (Å²) in [6, 6.07) is 10.0. The lowest BCUT2D eigenvalue weighted by Crippen LogP contribution is -2.01. The Labute approximate surface area is 147 Å². The molecule has 0 saturated heterocycles. The van der Waals surface area contributed by atoms with Crippen LogP contribution in [0.3, 0.4) is 0 Å². The molecule has 24 heavy (non-hydrogen) atoms. The van der Waals surface area contributed by atoms with E-state index in [4.69, 9.17) is 14.2 Å². The number of ether oxygens (including phenoxy) is 3. The predicted octanol–water partition coefficient (Wildman–Crippen LogP) is 4.52. The average molecular weight is 394 g/mol. The molecule has 0 N–H and O–H groups in total. The third kappa shape index (κ3) is 4.56.